The molecule has 2 aromatic rings. The minimum absolute atomic E-state index is 0.0516. The fourth-order valence-corrected chi connectivity index (χ4v) is 4.81. The van der Waals surface area contributed by atoms with Crippen molar-refractivity contribution in [3.05, 3.63) is 69.7 Å². The lowest BCUT2D eigenvalue weighted by atomic mass is 9.54. The molecular formula is C19H14Cl2O3. The second-order valence-electron chi connectivity index (χ2n) is 6.29. The third kappa shape index (κ3) is 1.92. The fraction of sp³-hybridized carbons (Fsp3) is 0.263. The molecule has 3 nitrogen and oxygen atoms in total. The maximum atomic E-state index is 12.7. The second-order valence-corrected chi connectivity index (χ2v) is 7.07. The lowest BCUT2D eigenvalue weighted by Crippen LogP contribution is -2.55. The van der Waals surface area contributed by atoms with Crippen LogP contribution in [0.15, 0.2) is 42.5 Å². The van der Waals surface area contributed by atoms with E-state index >= 15 is 0 Å². The van der Waals surface area contributed by atoms with Crippen molar-refractivity contribution < 1.29 is 14.3 Å². The van der Waals surface area contributed by atoms with E-state index in [0.717, 1.165) is 22.3 Å². The summed E-state index contributed by atoms with van der Waals surface area (Å²) in [4.78, 5) is 24.4. The molecule has 0 amide bonds. The molecule has 0 aliphatic heterocycles. The Labute approximate surface area is 149 Å². The molecule has 24 heavy (non-hydrogen) atoms. The standard InChI is InChI=1S/C19H14Cl2O3/c1-10(22)24-17-9-14-12-4-2-3-5-15(12)19(17,18(21)23)16-8-11(20)6-7-13(14)16/h2-8,14,17H,9H2,1H3. The molecule has 0 N–H and O–H groups in total. The van der Waals surface area contributed by atoms with E-state index < -0.39 is 22.7 Å². The van der Waals surface area contributed by atoms with Gasteiger partial charge in [0, 0.05) is 17.9 Å². The summed E-state index contributed by atoms with van der Waals surface area (Å²) in [5, 5.41) is -0.0273. The third-order valence-corrected chi connectivity index (χ3v) is 5.66. The number of hydrogen-bond acceptors (Lipinski definition) is 3. The van der Waals surface area contributed by atoms with Gasteiger partial charge in [0.2, 0.25) is 5.24 Å². The molecule has 0 heterocycles. The van der Waals surface area contributed by atoms with Crippen LogP contribution in [0.5, 0.6) is 0 Å². The lowest BCUT2D eigenvalue weighted by molar-refractivity contribution is -0.152. The van der Waals surface area contributed by atoms with Crippen LogP contribution in [0.2, 0.25) is 5.02 Å². The normalized spacial score (nSPS) is 26.5. The number of carbonyl (C=O) groups is 2. The van der Waals surface area contributed by atoms with E-state index in [2.05, 4.69) is 0 Å². The summed E-state index contributed by atoms with van der Waals surface area (Å²) in [6.07, 6.45) is -0.102. The van der Waals surface area contributed by atoms with Crippen molar-refractivity contribution in [2.75, 3.05) is 0 Å². The predicted molar refractivity (Wildman–Crippen MR) is 91.5 cm³/mol. The van der Waals surface area contributed by atoms with E-state index in [9.17, 15) is 9.59 Å². The van der Waals surface area contributed by atoms with Crippen LogP contribution in [0, 0.1) is 0 Å². The van der Waals surface area contributed by atoms with Crippen molar-refractivity contribution in [3.8, 4) is 0 Å². The third-order valence-electron chi connectivity index (χ3n) is 5.13. The monoisotopic (exact) mass is 360 g/mol. The molecule has 0 spiro atoms. The molecule has 0 fully saturated rings. The van der Waals surface area contributed by atoms with Gasteiger partial charge in [-0.1, -0.05) is 41.9 Å². The molecule has 3 unspecified atom stereocenters. The topological polar surface area (TPSA) is 43.4 Å². The van der Waals surface area contributed by atoms with Gasteiger partial charge in [0.05, 0.1) is 0 Å². The van der Waals surface area contributed by atoms with Gasteiger partial charge in [-0.05, 0) is 52.4 Å². The van der Waals surface area contributed by atoms with Gasteiger partial charge >= 0.3 is 5.97 Å². The predicted octanol–water partition coefficient (Wildman–Crippen LogP) is 4.17. The van der Waals surface area contributed by atoms with Crippen molar-refractivity contribution in [3.63, 3.8) is 0 Å². The molecule has 3 aliphatic carbocycles. The summed E-state index contributed by atoms with van der Waals surface area (Å²) in [6.45, 7) is 1.35. The molecule has 0 saturated carbocycles. The molecule has 2 aromatic carbocycles. The van der Waals surface area contributed by atoms with E-state index in [1.165, 1.54) is 6.92 Å². The average Bonchev–Trinajstić information content (AvgIpc) is 2.54. The van der Waals surface area contributed by atoms with Crippen LogP contribution in [0.3, 0.4) is 0 Å². The average molecular weight is 361 g/mol. The number of carbonyl (C=O) groups excluding carboxylic acids is 2. The minimum Gasteiger partial charge on any atom is -0.461 e. The van der Waals surface area contributed by atoms with Crippen LogP contribution >= 0.6 is 23.2 Å². The van der Waals surface area contributed by atoms with Crippen LogP contribution in [0.1, 0.15) is 41.5 Å². The number of fused-ring (bicyclic) bond motifs is 1. The van der Waals surface area contributed by atoms with Gasteiger partial charge < -0.3 is 4.74 Å². The van der Waals surface area contributed by atoms with Gasteiger partial charge in [0.25, 0.3) is 0 Å². The van der Waals surface area contributed by atoms with Crippen LogP contribution in [0.25, 0.3) is 0 Å². The van der Waals surface area contributed by atoms with E-state index in [-0.39, 0.29) is 5.92 Å². The number of esters is 1. The maximum Gasteiger partial charge on any atom is 0.302 e. The zero-order chi connectivity index (χ0) is 17.1. The summed E-state index contributed by atoms with van der Waals surface area (Å²) in [5.41, 5.74) is 2.43. The van der Waals surface area contributed by atoms with E-state index in [0.29, 0.717) is 11.4 Å². The first-order valence-electron chi connectivity index (χ1n) is 7.72. The molecule has 0 radical (unpaired) electrons. The van der Waals surface area contributed by atoms with E-state index in [1.807, 2.05) is 36.4 Å². The maximum absolute atomic E-state index is 12.7. The fourth-order valence-electron chi connectivity index (χ4n) is 4.31. The summed E-state index contributed by atoms with van der Waals surface area (Å²) in [7, 11) is 0. The van der Waals surface area contributed by atoms with Gasteiger partial charge in [0.1, 0.15) is 11.5 Å². The van der Waals surface area contributed by atoms with E-state index in [4.69, 9.17) is 27.9 Å². The summed E-state index contributed by atoms with van der Waals surface area (Å²) in [5.74, 6) is -0.374. The molecule has 0 aromatic heterocycles. The van der Waals surface area contributed by atoms with Crippen molar-refractivity contribution >= 4 is 34.4 Å². The molecule has 122 valence electrons. The highest BCUT2D eigenvalue weighted by Gasteiger charge is 2.60. The summed E-state index contributed by atoms with van der Waals surface area (Å²) < 4.78 is 5.56. The molecule has 3 atom stereocenters. The number of halogens is 2. The Morgan fingerprint density at radius 3 is 2.54 bits per heavy atom. The molecule has 0 saturated heterocycles. The summed E-state index contributed by atoms with van der Waals surface area (Å²) in [6, 6.07) is 13.3. The van der Waals surface area contributed by atoms with Crippen LogP contribution < -0.4 is 0 Å². The Balaban J connectivity index is 2.09. The first-order chi connectivity index (χ1) is 11.5. The zero-order valence-electron chi connectivity index (χ0n) is 12.9. The molecular weight excluding hydrogens is 347 g/mol. The molecule has 5 heteroatoms. The number of hydrogen-bond donors (Lipinski definition) is 0. The van der Waals surface area contributed by atoms with Crippen molar-refractivity contribution in [2.24, 2.45) is 0 Å². The van der Waals surface area contributed by atoms with Crippen LogP contribution in [-0.2, 0) is 19.7 Å². The van der Waals surface area contributed by atoms with Crippen LogP contribution in [0.4, 0.5) is 0 Å². The second kappa shape index (κ2) is 5.33. The highest BCUT2D eigenvalue weighted by molar-refractivity contribution is 6.66. The Kier molecular flexibility index (Phi) is 3.48. The zero-order valence-corrected chi connectivity index (χ0v) is 14.4. The number of ether oxygens (including phenoxy) is 1. The quantitative estimate of drug-likeness (QED) is 0.596. The SMILES string of the molecule is CC(=O)OC1CC2c3ccccc3C1(C(=O)Cl)c1cc(Cl)ccc12. The number of rotatable bonds is 2. The van der Waals surface area contributed by atoms with Crippen molar-refractivity contribution in [2.45, 2.75) is 30.8 Å². The van der Waals surface area contributed by atoms with Crippen molar-refractivity contribution in [1.82, 2.24) is 0 Å². The highest BCUT2D eigenvalue weighted by Crippen LogP contribution is 2.58. The first kappa shape index (κ1) is 15.7. The van der Waals surface area contributed by atoms with Gasteiger partial charge in [-0.15, -0.1) is 0 Å². The van der Waals surface area contributed by atoms with Gasteiger partial charge in [-0.2, -0.15) is 0 Å². The number of benzene rings is 2. The van der Waals surface area contributed by atoms with Gasteiger partial charge in [0.15, 0.2) is 0 Å². The highest BCUT2D eigenvalue weighted by atomic mass is 35.5. The smallest absolute Gasteiger partial charge is 0.302 e. The molecule has 2 bridgehead atoms. The summed E-state index contributed by atoms with van der Waals surface area (Å²) >= 11 is 12.3. The lowest BCUT2D eigenvalue weighted by Gasteiger charge is -2.51. The van der Waals surface area contributed by atoms with Crippen molar-refractivity contribution in [1.29, 1.82) is 0 Å². The first-order valence-corrected chi connectivity index (χ1v) is 8.48. The van der Waals surface area contributed by atoms with Gasteiger partial charge in [-0.25, -0.2) is 0 Å². The van der Waals surface area contributed by atoms with Gasteiger partial charge in [-0.3, -0.25) is 9.59 Å². The Bertz CT molecular complexity index is 877. The molecule has 5 rings (SSSR count). The minimum atomic E-state index is -1.21. The Hall–Kier alpha value is -1.84. The Morgan fingerprint density at radius 2 is 1.83 bits per heavy atom. The molecule has 3 aliphatic rings. The van der Waals surface area contributed by atoms with Crippen LogP contribution in [-0.4, -0.2) is 17.3 Å². The van der Waals surface area contributed by atoms with E-state index in [1.54, 1.807) is 6.07 Å². The Morgan fingerprint density at radius 1 is 1.12 bits per heavy atom. The largest absolute Gasteiger partial charge is 0.461 e.